The number of hydrogen-bond donors (Lipinski definition) is 0. The maximum atomic E-state index is 12.1. The van der Waals surface area contributed by atoms with Crippen LogP contribution in [0.1, 0.15) is 30.1 Å². The number of piperidine rings is 1. The Morgan fingerprint density at radius 2 is 2.20 bits per heavy atom. The van der Waals surface area contributed by atoms with Crippen LogP contribution in [0, 0.1) is 0 Å². The Balaban J connectivity index is 1.54. The first kappa shape index (κ1) is 13.2. The topological polar surface area (TPSA) is 33.5 Å². The van der Waals surface area contributed by atoms with Gasteiger partial charge in [-0.1, -0.05) is 0 Å². The van der Waals surface area contributed by atoms with Gasteiger partial charge in [-0.15, -0.1) is 0 Å². The van der Waals surface area contributed by atoms with Gasteiger partial charge >= 0.3 is 0 Å². The van der Waals surface area contributed by atoms with E-state index in [0.29, 0.717) is 11.7 Å². The van der Waals surface area contributed by atoms with Crippen molar-refractivity contribution in [2.75, 3.05) is 13.1 Å². The SMILES string of the molecule is O=C(C=Cc1ccco1)N1CCC(c2ccsc2)CC1. The molecule has 0 radical (unpaired) electrons. The fraction of sp³-hybridized carbons (Fsp3) is 0.312. The first-order valence-electron chi connectivity index (χ1n) is 6.85. The van der Waals surface area contributed by atoms with Gasteiger partial charge in [0.15, 0.2) is 0 Å². The molecule has 1 fully saturated rings. The molecule has 3 nitrogen and oxygen atoms in total. The summed E-state index contributed by atoms with van der Waals surface area (Å²) in [7, 11) is 0. The highest BCUT2D eigenvalue weighted by atomic mass is 32.1. The molecule has 2 aromatic rings. The van der Waals surface area contributed by atoms with E-state index < -0.39 is 0 Å². The Morgan fingerprint density at radius 3 is 2.85 bits per heavy atom. The van der Waals surface area contributed by atoms with Gasteiger partial charge in [0.2, 0.25) is 5.91 Å². The van der Waals surface area contributed by atoms with Crippen molar-refractivity contribution in [3.8, 4) is 0 Å². The van der Waals surface area contributed by atoms with Crippen LogP contribution in [0.5, 0.6) is 0 Å². The summed E-state index contributed by atoms with van der Waals surface area (Å²) in [6.07, 6.45) is 7.04. The van der Waals surface area contributed by atoms with E-state index in [9.17, 15) is 4.79 Å². The molecule has 2 aromatic heterocycles. The van der Waals surface area contributed by atoms with Crippen LogP contribution in [0.4, 0.5) is 0 Å². The summed E-state index contributed by atoms with van der Waals surface area (Å²) in [5, 5.41) is 4.35. The van der Waals surface area contributed by atoms with Crippen molar-refractivity contribution in [3.05, 3.63) is 52.6 Å². The second-order valence-corrected chi connectivity index (χ2v) is 5.79. The van der Waals surface area contributed by atoms with Gasteiger partial charge in [-0.25, -0.2) is 0 Å². The van der Waals surface area contributed by atoms with E-state index >= 15 is 0 Å². The zero-order valence-electron chi connectivity index (χ0n) is 11.2. The first-order chi connectivity index (χ1) is 9.83. The third-order valence-electron chi connectivity index (χ3n) is 3.75. The van der Waals surface area contributed by atoms with E-state index in [-0.39, 0.29) is 5.91 Å². The molecule has 1 aliphatic rings. The van der Waals surface area contributed by atoms with E-state index in [0.717, 1.165) is 25.9 Å². The molecule has 0 unspecified atom stereocenters. The smallest absolute Gasteiger partial charge is 0.246 e. The molecular formula is C16H17NO2S. The molecule has 20 heavy (non-hydrogen) atoms. The van der Waals surface area contributed by atoms with Crippen molar-refractivity contribution < 1.29 is 9.21 Å². The molecule has 0 saturated carbocycles. The molecule has 0 aromatic carbocycles. The maximum absolute atomic E-state index is 12.1. The van der Waals surface area contributed by atoms with Crippen LogP contribution >= 0.6 is 11.3 Å². The molecule has 0 aliphatic carbocycles. The van der Waals surface area contributed by atoms with Crippen LogP contribution in [0.2, 0.25) is 0 Å². The van der Waals surface area contributed by atoms with Gasteiger partial charge in [0.25, 0.3) is 0 Å². The molecule has 0 N–H and O–H groups in total. The molecule has 1 saturated heterocycles. The minimum atomic E-state index is 0.0742. The van der Waals surface area contributed by atoms with E-state index in [1.807, 2.05) is 17.0 Å². The summed E-state index contributed by atoms with van der Waals surface area (Å²) in [4.78, 5) is 14.0. The molecule has 1 aliphatic heterocycles. The van der Waals surface area contributed by atoms with Crippen LogP contribution in [0.3, 0.4) is 0 Å². The number of carbonyl (C=O) groups excluding carboxylic acids is 1. The highest BCUT2D eigenvalue weighted by Gasteiger charge is 2.22. The summed E-state index contributed by atoms with van der Waals surface area (Å²) in [5.74, 6) is 1.40. The number of rotatable bonds is 3. The summed E-state index contributed by atoms with van der Waals surface area (Å²) in [5.41, 5.74) is 1.42. The third kappa shape index (κ3) is 3.02. The van der Waals surface area contributed by atoms with Crippen LogP contribution < -0.4 is 0 Å². The number of thiophene rings is 1. The summed E-state index contributed by atoms with van der Waals surface area (Å²) in [6.45, 7) is 1.67. The number of furan rings is 1. The van der Waals surface area contributed by atoms with Gasteiger partial charge in [-0.3, -0.25) is 4.79 Å². The average Bonchev–Trinajstić information content (AvgIpc) is 3.18. The number of likely N-dealkylation sites (tertiary alicyclic amines) is 1. The largest absolute Gasteiger partial charge is 0.465 e. The molecule has 0 spiro atoms. The second-order valence-electron chi connectivity index (χ2n) is 5.00. The standard InChI is InChI=1S/C16H17NO2S/c18-16(4-3-15-2-1-10-19-15)17-8-5-13(6-9-17)14-7-11-20-12-14/h1-4,7,10-13H,5-6,8-9H2. The number of carbonyl (C=O) groups is 1. The van der Waals surface area contributed by atoms with Crippen LogP contribution in [-0.2, 0) is 4.79 Å². The Labute approximate surface area is 122 Å². The Bertz CT molecular complexity index is 564. The van der Waals surface area contributed by atoms with Crippen molar-refractivity contribution in [3.63, 3.8) is 0 Å². The minimum absolute atomic E-state index is 0.0742. The van der Waals surface area contributed by atoms with Crippen LogP contribution in [-0.4, -0.2) is 23.9 Å². The van der Waals surface area contributed by atoms with E-state index in [1.165, 1.54) is 5.56 Å². The highest BCUT2D eigenvalue weighted by Crippen LogP contribution is 2.29. The summed E-state index contributed by atoms with van der Waals surface area (Å²) in [6, 6.07) is 5.85. The average molecular weight is 287 g/mol. The lowest BCUT2D eigenvalue weighted by molar-refractivity contribution is -0.126. The van der Waals surface area contributed by atoms with Crippen molar-refractivity contribution in [1.82, 2.24) is 4.90 Å². The minimum Gasteiger partial charge on any atom is -0.465 e. The molecule has 1 amide bonds. The number of amides is 1. The highest BCUT2D eigenvalue weighted by molar-refractivity contribution is 7.07. The lowest BCUT2D eigenvalue weighted by atomic mass is 9.91. The zero-order chi connectivity index (χ0) is 13.8. The predicted octanol–water partition coefficient (Wildman–Crippen LogP) is 3.76. The van der Waals surface area contributed by atoms with E-state index in [1.54, 1.807) is 29.8 Å². The van der Waals surface area contributed by atoms with Gasteiger partial charge in [-0.05, 0) is 59.4 Å². The van der Waals surface area contributed by atoms with Gasteiger partial charge in [0.05, 0.1) is 6.26 Å². The van der Waals surface area contributed by atoms with Gasteiger partial charge in [0, 0.05) is 19.2 Å². The zero-order valence-corrected chi connectivity index (χ0v) is 12.0. The molecular weight excluding hydrogens is 270 g/mol. The fourth-order valence-electron chi connectivity index (χ4n) is 2.59. The van der Waals surface area contributed by atoms with Gasteiger partial charge in [0.1, 0.15) is 5.76 Å². The molecule has 104 valence electrons. The predicted molar refractivity (Wildman–Crippen MR) is 80.6 cm³/mol. The molecule has 3 rings (SSSR count). The molecule has 3 heterocycles. The third-order valence-corrected chi connectivity index (χ3v) is 4.46. The van der Waals surface area contributed by atoms with Gasteiger partial charge in [-0.2, -0.15) is 11.3 Å². The quantitative estimate of drug-likeness (QED) is 0.805. The summed E-state index contributed by atoms with van der Waals surface area (Å²) < 4.78 is 5.18. The number of nitrogens with zero attached hydrogens (tertiary/aromatic N) is 1. The van der Waals surface area contributed by atoms with Crippen molar-refractivity contribution >= 4 is 23.3 Å². The first-order valence-corrected chi connectivity index (χ1v) is 7.80. The summed E-state index contributed by atoms with van der Waals surface area (Å²) >= 11 is 1.74. The van der Waals surface area contributed by atoms with Crippen molar-refractivity contribution in [1.29, 1.82) is 0 Å². The monoisotopic (exact) mass is 287 g/mol. The van der Waals surface area contributed by atoms with Crippen molar-refractivity contribution in [2.45, 2.75) is 18.8 Å². The maximum Gasteiger partial charge on any atom is 0.246 e. The lowest BCUT2D eigenvalue weighted by Crippen LogP contribution is -2.36. The van der Waals surface area contributed by atoms with Gasteiger partial charge < -0.3 is 9.32 Å². The normalized spacial score (nSPS) is 16.9. The van der Waals surface area contributed by atoms with Crippen LogP contribution in [0.25, 0.3) is 6.08 Å². The number of hydrogen-bond acceptors (Lipinski definition) is 3. The van der Waals surface area contributed by atoms with Crippen LogP contribution in [0.15, 0.2) is 45.7 Å². The van der Waals surface area contributed by atoms with Crippen molar-refractivity contribution in [2.24, 2.45) is 0 Å². The van der Waals surface area contributed by atoms with E-state index in [2.05, 4.69) is 16.8 Å². The Kier molecular flexibility index (Phi) is 4.02. The second kappa shape index (κ2) is 6.09. The Morgan fingerprint density at radius 1 is 1.35 bits per heavy atom. The Hall–Kier alpha value is -1.81. The lowest BCUT2D eigenvalue weighted by Gasteiger charge is -2.31. The fourth-order valence-corrected chi connectivity index (χ4v) is 3.33. The molecule has 4 heteroatoms. The molecule has 0 bridgehead atoms. The van der Waals surface area contributed by atoms with E-state index in [4.69, 9.17) is 4.42 Å². The molecule has 0 atom stereocenters.